The Kier molecular flexibility index (Phi) is 5.49. The predicted molar refractivity (Wildman–Crippen MR) is 46.3 cm³/mol. The molecule has 0 aromatic heterocycles. The topological polar surface area (TPSA) is 29.1 Å². The van der Waals surface area contributed by atoms with E-state index in [-0.39, 0.29) is 5.91 Å². The maximum absolute atomic E-state index is 10.5. The third kappa shape index (κ3) is 5.95. The Morgan fingerprint density at radius 2 is 2.30 bits per heavy atom. The lowest BCUT2D eigenvalue weighted by Gasteiger charge is -2.10. The van der Waals surface area contributed by atoms with Crippen molar-refractivity contribution in [2.75, 3.05) is 11.5 Å². The molecule has 0 aliphatic carbocycles. The molecular weight excluding hydrogens is 146 g/mol. The van der Waals surface area contributed by atoms with Crippen LogP contribution in [0.15, 0.2) is 0 Å². The molecule has 2 nitrogen and oxygen atoms in total. The maximum Gasteiger partial charge on any atom is 0.217 e. The summed E-state index contributed by atoms with van der Waals surface area (Å²) in [6.07, 6.45) is 0. The van der Waals surface area contributed by atoms with E-state index in [1.54, 1.807) is 6.92 Å². The minimum absolute atomic E-state index is 0.0594. The van der Waals surface area contributed by atoms with Gasteiger partial charge in [0.05, 0.1) is 0 Å². The smallest absolute Gasteiger partial charge is 0.217 e. The van der Waals surface area contributed by atoms with E-state index in [1.807, 2.05) is 18.7 Å². The highest BCUT2D eigenvalue weighted by molar-refractivity contribution is 7.99. The Balaban J connectivity index is 3.25. The van der Waals surface area contributed by atoms with E-state index in [4.69, 9.17) is 0 Å². The zero-order valence-electron chi connectivity index (χ0n) is 6.81. The van der Waals surface area contributed by atoms with Gasteiger partial charge < -0.3 is 5.32 Å². The third-order valence-electron chi connectivity index (χ3n) is 1.02. The number of carbonyl (C=O) groups excluding carboxylic acids is 1. The fourth-order valence-corrected chi connectivity index (χ4v) is 1.36. The van der Waals surface area contributed by atoms with E-state index in [1.165, 1.54) is 0 Å². The first-order valence-corrected chi connectivity index (χ1v) is 4.67. The quantitative estimate of drug-likeness (QED) is 0.672. The van der Waals surface area contributed by atoms with Crippen molar-refractivity contribution < 1.29 is 4.79 Å². The fourth-order valence-electron chi connectivity index (χ4n) is 0.683. The Morgan fingerprint density at radius 3 is 2.70 bits per heavy atom. The monoisotopic (exact) mass is 161 g/mol. The van der Waals surface area contributed by atoms with Gasteiger partial charge in [0.25, 0.3) is 0 Å². The van der Waals surface area contributed by atoms with E-state index >= 15 is 0 Å². The molecule has 0 spiro atoms. The second kappa shape index (κ2) is 5.59. The summed E-state index contributed by atoms with van der Waals surface area (Å²) in [5, 5.41) is 2.82. The molecule has 1 amide bonds. The van der Waals surface area contributed by atoms with Gasteiger partial charge in [-0.05, 0) is 12.7 Å². The molecular formula is C7H15NOS. The van der Waals surface area contributed by atoms with Gasteiger partial charge in [-0.2, -0.15) is 11.8 Å². The van der Waals surface area contributed by atoms with Crippen LogP contribution < -0.4 is 5.32 Å². The molecule has 60 valence electrons. The Morgan fingerprint density at radius 1 is 1.70 bits per heavy atom. The lowest BCUT2D eigenvalue weighted by Crippen LogP contribution is -2.32. The van der Waals surface area contributed by atoms with Crippen LogP contribution in [-0.4, -0.2) is 23.5 Å². The molecule has 1 N–H and O–H groups in total. The molecule has 0 aromatic rings. The number of hydrogen-bond acceptors (Lipinski definition) is 2. The standard InChI is InChI=1S/C7H15NOS/c1-4-10-5-6(2)8-7(3)9/h6H,4-5H2,1-3H3,(H,8,9). The van der Waals surface area contributed by atoms with Gasteiger partial charge in [-0.15, -0.1) is 0 Å². The lowest BCUT2D eigenvalue weighted by atomic mass is 10.4. The zero-order chi connectivity index (χ0) is 7.98. The van der Waals surface area contributed by atoms with E-state index in [0.29, 0.717) is 6.04 Å². The summed E-state index contributed by atoms with van der Waals surface area (Å²) in [7, 11) is 0. The minimum Gasteiger partial charge on any atom is -0.353 e. The summed E-state index contributed by atoms with van der Waals surface area (Å²) in [5.41, 5.74) is 0. The maximum atomic E-state index is 10.5. The average molecular weight is 161 g/mol. The Hall–Kier alpha value is -0.180. The number of hydrogen-bond donors (Lipinski definition) is 1. The number of amides is 1. The van der Waals surface area contributed by atoms with Crippen molar-refractivity contribution in [3.05, 3.63) is 0 Å². The molecule has 0 aliphatic heterocycles. The molecule has 0 fully saturated rings. The first kappa shape index (κ1) is 9.82. The van der Waals surface area contributed by atoms with E-state index < -0.39 is 0 Å². The highest BCUT2D eigenvalue weighted by atomic mass is 32.2. The number of nitrogens with one attached hydrogen (secondary N) is 1. The molecule has 10 heavy (non-hydrogen) atoms. The molecule has 0 heterocycles. The fraction of sp³-hybridized carbons (Fsp3) is 0.857. The molecule has 0 aromatic carbocycles. The van der Waals surface area contributed by atoms with Crippen LogP contribution in [0.5, 0.6) is 0 Å². The summed E-state index contributed by atoms with van der Waals surface area (Å²) >= 11 is 1.84. The molecule has 0 saturated carbocycles. The molecule has 0 bridgehead atoms. The summed E-state index contributed by atoms with van der Waals surface area (Å²) < 4.78 is 0. The van der Waals surface area contributed by atoms with Gasteiger partial charge in [-0.1, -0.05) is 6.92 Å². The van der Waals surface area contributed by atoms with Crippen LogP contribution in [0.1, 0.15) is 20.8 Å². The second-order valence-electron chi connectivity index (χ2n) is 2.26. The molecule has 1 unspecified atom stereocenters. The number of rotatable bonds is 4. The summed E-state index contributed by atoms with van der Waals surface area (Å²) in [5.74, 6) is 2.18. The normalized spacial score (nSPS) is 12.7. The zero-order valence-corrected chi connectivity index (χ0v) is 7.62. The van der Waals surface area contributed by atoms with Gasteiger partial charge in [0.1, 0.15) is 0 Å². The number of thioether (sulfide) groups is 1. The lowest BCUT2D eigenvalue weighted by molar-refractivity contribution is -0.119. The van der Waals surface area contributed by atoms with Crippen LogP contribution in [0, 0.1) is 0 Å². The summed E-state index contributed by atoms with van der Waals surface area (Å²) in [6, 6.07) is 0.308. The molecule has 1 atom stereocenters. The van der Waals surface area contributed by atoms with Gasteiger partial charge in [-0.3, -0.25) is 4.79 Å². The minimum atomic E-state index is 0.0594. The first-order chi connectivity index (χ1) is 4.66. The second-order valence-corrected chi connectivity index (χ2v) is 3.58. The first-order valence-electron chi connectivity index (χ1n) is 3.51. The van der Waals surface area contributed by atoms with Crippen molar-refractivity contribution in [1.82, 2.24) is 5.32 Å². The summed E-state index contributed by atoms with van der Waals surface area (Å²) in [4.78, 5) is 10.5. The molecule has 0 radical (unpaired) electrons. The van der Waals surface area contributed by atoms with E-state index in [0.717, 1.165) is 11.5 Å². The van der Waals surface area contributed by atoms with Crippen LogP contribution in [0.3, 0.4) is 0 Å². The van der Waals surface area contributed by atoms with Crippen molar-refractivity contribution in [2.24, 2.45) is 0 Å². The van der Waals surface area contributed by atoms with Crippen molar-refractivity contribution in [2.45, 2.75) is 26.8 Å². The van der Waals surface area contributed by atoms with Crippen LogP contribution in [-0.2, 0) is 4.79 Å². The SMILES string of the molecule is CCSCC(C)NC(C)=O. The van der Waals surface area contributed by atoms with Gasteiger partial charge in [-0.25, -0.2) is 0 Å². The Bertz CT molecular complexity index is 106. The predicted octanol–water partition coefficient (Wildman–Crippen LogP) is 1.26. The van der Waals surface area contributed by atoms with Crippen LogP contribution in [0.2, 0.25) is 0 Å². The molecule has 0 rings (SSSR count). The van der Waals surface area contributed by atoms with Crippen molar-refractivity contribution >= 4 is 17.7 Å². The third-order valence-corrected chi connectivity index (χ3v) is 2.17. The largest absolute Gasteiger partial charge is 0.353 e. The Labute approximate surface area is 66.8 Å². The average Bonchev–Trinajstić information content (AvgIpc) is 1.82. The van der Waals surface area contributed by atoms with E-state index in [2.05, 4.69) is 12.2 Å². The molecule has 0 saturated heterocycles. The van der Waals surface area contributed by atoms with Crippen molar-refractivity contribution in [1.29, 1.82) is 0 Å². The van der Waals surface area contributed by atoms with Crippen LogP contribution >= 0.6 is 11.8 Å². The summed E-state index contributed by atoms with van der Waals surface area (Å²) in [6.45, 7) is 5.68. The highest BCUT2D eigenvalue weighted by Gasteiger charge is 2.00. The van der Waals surface area contributed by atoms with Crippen LogP contribution in [0.4, 0.5) is 0 Å². The van der Waals surface area contributed by atoms with Crippen molar-refractivity contribution in [3.63, 3.8) is 0 Å². The van der Waals surface area contributed by atoms with Gasteiger partial charge >= 0.3 is 0 Å². The number of carbonyl (C=O) groups is 1. The van der Waals surface area contributed by atoms with Crippen LogP contribution in [0.25, 0.3) is 0 Å². The van der Waals surface area contributed by atoms with Gasteiger partial charge in [0, 0.05) is 18.7 Å². The highest BCUT2D eigenvalue weighted by Crippen LogP contribution is 2.00. The van der Waals surface area contributed by atoms with Gasteiger partial charge in [0.2, 0.25) is 5.91 Å². The molecule has 0 aliphatic rings. The van der Waals surface area contributed by atoms with Gasteiger partial charge in [0.15, 0.2) is 0 Å². The molecule has 3 heteroatoms. The van der Waals surface area contributed by atoms with E-state index in [9.17, 15) is 4.79 Å². The van der Waals surface area contributed by atoms with Crippen molar-refractivity contribution in [3.8, 4) is 0 Å².